The normalized spacial score (nSPS) is 21.6. The second-order valence-corrected chi connectivity index (χ2v) is 6.30. The lowest BCUT2D eigenvalue weighted by atomic mass is 10.2. The Hall–Kier alpha value is -1.89. The molecule has 3 heterocycles. The van der Waals surface area contributed by atoms with E-state index in [1.54, 1.807) is 13.2 Å². The molecule has 2 aliphatic rings. The predicted molar refractivity (Wildman–Crippen MR) is 93.8 cm³/mol. The highest BCUT2D eigenvalue weighted by atomic mass is 16.5. The van der Waals surface area contributed by atoms with Crippen LogP contribution in [0.25, 0.3) is 0 Å². The molecule has 7 nitrogen and oxygen atoms in total. The number of rotatable bonds is 6. The van der Waals surface area contributed by atoms with Gasteiger partial charge in [-0.3, -0.25) is 0 Å². The summed E-state index contributed by atoms with van der Waals surface area (Å²) in [5, 5.41) is 0. The van der Waals surface area contributed by atoms with Crippen LogP contribution in [-0.4, -0.2) is 61.0 Å². The number of hydrogen-bond donors (Lipinski definition) is 0. The highest BCUT2D eigenvalue weighted by Gasteiger charge is 2.26. The van der Waals surface area contributed by atoms with Crippen LogP contribution in [0.4, 0.5) is 11.9 Å². The van der Waals surface area contributed by atoms with Crippen LogP contribution in [0.5, 0.6) is 6.01 Å². The molecule has 24 heavy (non-hydrogen) atoms. The maximum absolute atomic E-state index is 5.75. The van der Waals surface area contributed by atoms with Crippen molar-refractivity contribution in [3.8, 4) is 6.01 Å². The first-order valence-electron chi connectivity index (χ1n) is 8.82. The Morgan fingerprint density at radius 2 is 1.75 bits per heavy atom. The molecule has 0 bridgehead atoms. The van der Waals surface area contributed by atoms with Gasteiger partial charge in [0.25, 0.3) is 0 Å². The van der Waals surface area contributed by atoms with Gasteiger partial charge in [-0.15, -0.1) is 6.58 Å². The highest BCUT2D eigenvalue weighted by Crippen LogP contribution is 2.24. The van der Waals surface area contributed by atoms with Crippen LogP contribution in [-0.2, 0) is 4.74 Å². The first-order chi connectivity index (χ1) is 11.8. The summed E-state index contributed by atoms with van der Waals surface area (Å²) in [5.74, 6) is 1.42. The third-order valence-corrected chi connectivity index (χ3v) is 4.54. The molecule has 0 radical (unpaired) electrons. The van der Waals surface area contributed by atoms with Crippen LogP contribution in [0.3, 0.4) is 0 Å². The summed E-state index contributed by atoms with van der Waals surface area (Å²) in [6.07, 6.45) is 7.88. The van der Waals surface area contributed by atoms with E-state index in [1.807, 2.05) is 0 Å². The third-order valence-electron chi connectivity index (χ3n) is 4.54. The van der Waals surface area contributed by atoms with Gasteiger partial charge in [0.2, 0.25) is 11.9 Å². The molecule has 1 unspecified atom stereocenters. The number of methoxy groups -OCH3 is 1. The third kappa shape index (κ3) is 4.14. The SMILES string of the molecule is C=CCOC1CCN(c2nc(OC)nc(N3CCCCCC3)n2)C1. The second kappa shape index (κ2) is 8.28. The summed E-state index contributed by atoms with van der Waals surface area (Å²) < 4.78 is 11.1. The first-order valence-corrected chi connectivity index (χ1v) is 8.82. The van der Waals surface area contributed by atoms with Crippen molar-refractivity contribution in [3.05, 3.63) is 12.7 Å². The Morgan fingerprint density at radius 3 is 2.42 bits per heavy atom. The molecule has 0 aliphatic carbocycles. The minimum Gasteiger partial charge on any atom is -0.467 e. The lowest BCUT2D eigenvalue weighted by Gasteiger charge is -2.23. The van der Waals surface area contributed by atoms with E-state index in [2.05, 4.69) is 26.3 Å². The van der Waals surface area contributed by atoms with E-state index in [1.165, 1.54) is 25.7 Å². The average Bonchev–Trinajstić information content (AvgIpc) is 2.92. The minimum absolute atomic E-state index is 0.201. The smallest absolute Gasteiger partial charge is 0.322 e. The molecule has 0 amide bonds. The summed E-state index contributed by atoms with van der Waals surface area (Å²) in [6, 6.07) is 0.384. The van der Waals surface area contributed by atoms with Gasteiger partial charge in [0.1, 0.15) is 0 Å². The van der Waals surface area contributed by atoms with Gasteiger partial charge in [-0.1, -0.05) is 18.9 Å². The van der Waals surface area contributed by atoms with Crippen molar-refractivity contribution in [2.45, 2.75) is 38.2 Å². The van der Waals surface area contributed by atoms with Crippen molar-refractivity contribution in [1.82, 2.24) is 15.0 Å². The molecule has 2 saturated heterocycles. The Balaban J connectivity index is 1.75. The topological polar surface area (TPSA) is 63.6 Å². The number of anilines is 2. The minimum atomic E-state index is 0.201. The summed E-state index contributed by atoms with van der Waals surface area (Å²) in [7, 11) is 1.60. The van der Waals surface area contributed by atoms with E-state index in [-0.39, 0.29) is 6.10 Å². The molecule has 2 aliphatic heterocycles. The van der Waals surface area contributed by atoms with E-state index >= 15 is 0 Å². The van der Waals surface area contributed by atoms with Crippen LogP contribution < -0.4 is 14.5 Å². The number of hydrogen-bond acceptors (Lipinski definition) is 7. The lowest BCUT2D eigenvalue weighted by molar-refractivity contribution is 0.0908. The Bertz CT molecular complexity index is 546. The van der Waals surface area contributed by atoms with E-state index in [9.17, 15) is 0 Å². The molecule has 132 valence electrons. The molecule has 0 spiro atoms. The maximum Gasteiger partial charge on any atom is 0.322 e. The predicted octanol–water partition coefficient (Wildman–Crippen LogP) is 2.04. The van der Waals surface area contributed by atoms with Gasteiger partial charge < -0.3 is 19.3 Å². The standard InChI is InChI=1S/C17H27N5O2/c1-3-12-24-14-8-11-22(13-14)16-18-15(19-17(20-16)23-2)21-9-6-4-5-7-10-21/h3,14H,1,4-13H2,2H3. The average molecular weight is 333 g/mol. The van der Waals surface area contributed by atoms with E-state index in [0.29, 0.717) is 18.6 Å². The molecule has 1 aromatic heterocycles. The van der Waals surface area contributed by atoms with Crippen LogP contribution in [0.1, 0.15) is 32.1 Å². The molecule has 0 N–H and O–H groups in total. The number of nitrogens with zero attached hydrogens (tertiary/aromatic N) is 5. The monoisotopic (exact) mass is 333 g/mol. The molecule has 0 aromatic carbocycles. The Morgan fingerprint density at radius 1 is 1.04 bits per heavy atom. The van der Waals surface area contributed by atoms with Gasteiger partial charge in [-0.25, -0.2) is 0 Å². The molecule has 7 heteroatoms. The van der Waals surface area contributed by atoms with Gasteiger partial charge in [0.05, 0.1) is 19.8 Å². The Labute approximate surface area is 143 Å². The van der Waals surface area contributed by atoms with Crippen molar-refractivity contribution < 1.29 is 9.47 Å². The van der Waals surface area contributed by atoms with Crippen molar-refractivity contribution in [2.24, 2.45) is 0 Å². The second-order valence-electron chi connectivity index (χ2n) is 6.30. The zero-order valence-electron chi connectivity index (χ0n) is 14.5. The van der Waals surface area contributed by atoms with Crippen molar-refractivity contribution >= 4 is 11.9 Å². The fourth-order valence-corrected chi connectivity index (χ4v) is 3.23. The van der Waals surface area contributed by atoms with Crippen molar-refractivity contribution in [3.63, 3.8) is 0 Å². The largest absolute Gasteiger partial charge is 0.467 e. The number of ether oxygens (including phenoxy) is 2. The van der Waals surface area contributed by atoms with Gasteiger partial charge in [-0.2, -0.15) is 15.0 Å². The van der Waals surface area contributed by atoms with Crippen LogP contribution in [0.2, 0.25) is 0 Å². The fourth-order valence-electron chi connectivity index (χ4n) is 3.23. The number of aromatic nitrogens is 3. The molecule has 0 saturated carbocycles. The van der Waals surface area contributed by atoms with Gasteiger partial charge in [0, 0.05) is 26.2 Å². The van der Waals surface area contributed by atoms with E-state index in [4.69, 9.17) is 14.5 Å². The van der Waals surface area contributed by atoms with Crippen LogP contribution >= 0.6 is 0 Å². The Kier molecular flexibility index (Phi) is 5.85. The zero-order valence-corrected chi connectivity index (χ0v) is 14.5. The van der Waals surface area contributed by atoms with Gasteiger partial charge in [-0.05, 0) is 19.3 Å². The highest BCUT2D eigenvalue weighted by molar-refractivity contribution is 5.41. The van der Waals surface area contributed by atoms with E-state index < -0.39 is 0 Å². The summed E-state index contributed by atoms with van der Waals surface area (Å²) in [4.78, 5) is 18.0. The molecule has 2 fully saturated rings. The summed E-state index contributed by atoms with van der Waals surface area (Å²) >= 11 is 0. The van der Waals surface area contributed by atoms with Gasteiger partial charge >= 0.3 is 6.01 Å². The molecule has 3 rings (SSSR count). The van der Waals surface area contributed by atoms with Crippen LogP contribution in [0, 0.1) is 0 Å². The molecule has 1 aromatic rings. The van der Waals surface area contributed by atoms with Crippen LogP contribution in [0.15, 0.2) is 12.7 Å². The van der Waals surface area contributed by atoms with E-state index in [0.717, 1.165) is 38.5 Å². The fraction of sp³-hybridized carbons (Fsp3) is 0.706. The molecular weight excluding hydrogens is 306 g/mol. The van der Waals surface area contributed by atoms with Crippen molar-refractivity contribution in [2.75, 3.05) is 49.7 Å². The lowest BCUT2D eigenvalue weighted by Crippen LogP contribution is -2.29. The summed E-state index contributed by atoms with van der Waals surface area (Å²) in [5.41, 5.74) is 0. The molecule has 1 atom stereocenters. The maximum atomic E-state index is 5.75. The molecular formula is C17H27N5O2. The quantitative estimate of drug-likeness (QED) is 0.738. The summed E-state index contributed by atoms with van der Waals surface area (Å²) in [6.45, 7) is 7.95. The van der Waals surface area contributed by atoms with Gasteiger partial charge in [0.15, 0.2) is 0 Å². The first kappa shape index (κ1) is 17.0. The van der Waals surface area contributed by atoms with Crippen molar-refractivity contribution in [1.29, 1.82) is 0 Å². The zero-order chi connectivity index (χ0) is 16.8.